The first kappa shape index (κ1) is 23.2. The van der Waals surface area contributed by atoms with E-state index in [1.54, 1.807) is 30.7 Å². The molecule has 3 aromatic heterocycles. The van der Waals surface area contributed by atoms with Crippen molar-refractivity contribution in [1.29, 1.82) is 0 Å². The molecule has 1 aliphatic rings. The molecule has 1 aromatic carbocycles. The van der Waals surface area contributed by atoms with Crippen molar-refractivity contribution >= 4 is 11.6 Å². The molecule has 0 spiro atoms. The van der Waals surface area contributed by atoms with Crippen molar-refractivity contribution in [3.05, 3.63) is 65.0 Å². The number of nitrogens with one attached hydrogen (secondary N) is 1. The van der Waals surface area contributed by atoms with Crippen molar-refractivity contribution in [2.24, 2.45) is 5.92 Å². The van der Waals surface area contributed by atoms with Gasteiger partial charge in [-0.05, 0) is 77.6 Å². The fraction of sp³-hybridized carbons (Fsp3) is 0.385. The zero-order valence-corrected chi connectivity index (χ0v) is 20.7. The second-order valence-corrected chi connectivity index (χ2v) is 9.86. The molecule has 1 aliphatic carbocycles. The first-order valence-electron chi connectivity index (χ1n) is 11.8. The topological polar surface area (TPSA) is 93.7 Å². The summed E-state index contributed by atoms with van der Waals surface area (Å²) in [5, 5.41) is 23.5. The Kier molecular flexibility index (Phi) is 5.67. The van der Waals surface area contributed by atoms with Crippen LogP contribution < -0.4 is 5.32 Å². The van der Waals surface area contributed by atoms with Crippen LogP contribution in [0.1, 0.15) is 49.2 Å². The Balaban J connectivity index is 1.51. The third-order valence-electron chi connectivity index (χ3n) is 6.45. The van der Waals surface area contributed by atoms with Gasteiger partial charge >= 0.3 is 0 Å². The van der Waals surface area contributed by atoms with Crippen molar-refractivity contribution in [2.45, 2.75) is 59.6 Å². The average Bonchev–Trinajstić information content (AvgIpc) is 3.49. The Hall–Kier alpha value is -3.59. The molecule has 5 rings (SSSR count). The van der Waals surface area contributed by atoms with Crippen LogP contribution in [0.2, 0.25) is 0 Å². The second kappa shape index (κ2) is 8.57. The summed E-state index contributed by atoms with van der Waals surface area (Å²) in [6, 6.07) is 8.24. The van der Waals surface area contributed by atoms with E-state index in [4.69, 9.17) is 5.10 Å². The first-order chi connectivity index (χ1) is 16.6. The summed E-state index contributed by atoms with van der Waals surface area (Å²) < 4.78 is 17.2. The molecule has 1 saturated carbocycles. The van der Waals surface area contributed by atoms with Crippen LogP contribution >= 0.6 is 0 Å². The van der Waals surface area contributed by atoms with E-state index in [0.29, 0.717) is 17.6 Å². The van der Waals surface area contributed by atoms with Gasteiger partial charge in [0, 0.05) is 35.0 Å². The van der Waals surface area contributed by atoms with E-state index < -0.39 is 5.60 Å². The van der Waals surface area contributed by atoms with Gasteiger partial charge in [-0.3, -0.25) is 0 Å². The third-order valence-corrected chi connectivity index (χ3v) is 6.45. The number of halogens is 1. The van der Waals surface area contributed by atoms with Gasteiger partial charge in [0.25, 0.3) is 0 Å². The van der Waals surface area contributed by atoms with Gasteiger partial charge in [0.15, 0.2) is 5.82 Å². The summed E-state index contributed by atoms with van der Waals surface area (Å²) in [6.07, 6.45) is 3.89. The normalized spacial score (nSPS) is 13.9. The lowest BCUT2D eigenvalue weighted by atomic mass is 9.96. The van der Waals surface area contributed by atoms with E-state index in [2.05, 4.69) is 20.4 Å². The molecule has 3 heterocycles. The number of hydrogen-bond acceptors (Lipinski definition) is 6. The summed E-state index contributed by atoms with van der Waals surface area (Å²) in [5.41, 5.74) is 4.01. The highest BCUT2D eigenvalue weighted by Gasteiger charge is 2.27. The fourth-order valence-corrected chi connectivity index (χ4v) is 4.67. The van der Waals surface area contributed by atoms with Gasteiger partial charge in [-0.1, -0.05) is 0 Å². The molecule has 35 heavy (non-hydrogen) atoms. The largest absolute Gasteiger partial charge is 0.386 e. The number of anilines is 2. The molecule has 0 amide bonds. The molecule has 0 bridgehead atoms. The van der Waals surface area contributed by atoms with Crippen LogP contribution in [0.4, 0.5) is 16.0 Å². The van der Waals surface area contributed by atoms with Crippen molar-refractivity contribution in [3.8, 4) is 17.1 Å². The number of aromatic nitrogens is 6. The third kappa shape index (κ3) is 4.55. The summed E-state index contributed by atoms with van der Waals surface area (Å²) in [4.78, 5) is 8.86. The monoisotopic (exact) mass is 475 g/mol. The lowest BCUT2D eigenvalue weighted by Crippen LogP contribution is -2.18. The van der Waals surface area contributed by atoms with Gasteiger partial charge in [0.1, 0.15) is 23.8 Å². The number of hydrogen-bond donors (Lipinski definition) is 2. The van der Waals surface area contributed by atoms with E-state index in [1.807, 2.05) is 31.5 Å². The van der Waals surface area contributed by atoms with Gasteiger partial charge in [-0.2, -0.15) is 10.2 Å². The molecule has 4 aromatic rings. The zero-order valence-electron chi connectivity index (χ0n) is 20.7. The van der Waals surface area contributed by atoms with Crippen LogP contribution in [0, 0.1) is 32.5 Å². The van der Waals surface area contributed by atoms with Gasteiger partial charge in [-0.15, -0.1) is 0 Å². The molecule has 9 heteroatoms. The highest BCUT2D eigenvalue weighted by molar-refractivity contribution is 5.71. The highest BCUT2D eigenvalue weighted by atomic mass is 19.1. The molecular weight excluding hydrogens is 445 g/mol. The van der Waals surface area contributed by atoms with Crippen LogP contribution in [0.15, 0.2) is 36.7 Å². The second-order valence-electron chi connectivity index (χ2n) is 9.86. The lowest BCUT2D eigenvalue weighted by molar-refractivity contribution is 0.0772. The summed E-state index contributed by atoms with van der Waals surface area (Å²) in [5.74, 6) is 2.41. The summed E-state index contributed by atoms with van der Waals surface area (Å²) >= 11 is 0. The minimum Gasteiger partial charge on any atom is -0.386 e. The Bertz CT molecular complexity index is 1380. The standard InChI is InChI=1S/C26H30FN7O/c1-15-24(19-8-10-20(27)11-9-19)32-33(13-18-6-7-18)25(15)30-21-12-22(29-14-28-21)34-17(3)23(16(2)31-34)26(4,5)35/h8-12,14,18,35H,6-7,13H2,1-5H3,(H,28,29,30). The van der Waals surface area contributed by atoms with Gasteiger partial charge in [0.2, 0.25) is 0 Å². The van der Waals surface area contributed by atoms with Crippen LogP contribution in [0.5, 0.6) is 0 Å². The smallest absolute Gasteiger partial charge is 0.159 e. The van der Waals surface area contributed by atoms with Crippen molar-refractivity contribution in [2.75, 3.05) is 5.32 Å². The number of aliphatic hydroxyl groups is 1. The van der Waals surface area contributed by atoms with E-state index in [1.165, 1.54) is 31.3 Å². The molecule has 0 saturated heterocycles. The molecule has 2 N–H and O–H groups in total. The maximum Gasteiger partial charge on any atom is 0.159 e. The molecule has 0 aliphatic heterocycles. The van der Waals surface area contributed by atoms with Crippen LogP contribution in [-0.4, -0.2) is 34.6 Å². The van der Waals surface area contributed by atoms with Crippen LogP contribution in [-0.2, 0) is 12.1 Å². The fourth-order valence-electron chi connectivity index (χ4n) is 4.67. The predicted octanol–water partition coefficient (Wildman–Crippen LogP) is 4.97. The minimum absolute atomic E-state index is 0.271. The maximum atomic E-state index is 13.5. The molecule has 0 unspecified atom stereocenters. The van der Waals surface area contributed by atoms with Gasteiger partial charge in [0.05, 0.1) is 17.0 Å². The predicted molar refractivity (Wildman–Crippen MR) is 132 cm³/mol. The van der Waals surface area contributed by atoms with Crippen LogP contribution in [0.25, 0.3) is 17.1 Å². The van der Waals surface area contributed by atoms with Crippen molar-refractivity contribution in [3.63, 3.8) is 0 Å². The SMILES string of the molecule is Cc1nn(-c2cc(Nc3c(C)c(-c4ccc(F)cc4)nn3CC3CC3)ncn2)c(C)c1C(C)(C)O. The lowest BCUT2D eigenvalue weighted by Gasteiger charge is -2.18. The first-order valence-corrected chi connectivity index (χ1v) is 11.8. The summed E-state index contributed by atoms with van der Waals surface area (Å²) in [6.45, 7) is 10.1. The molecular formula is C26H30FN7O. The van der Waals surface area contributed by atoms with Crippen molar-refractivity contribution in [1.82, 2.24) is 29.5 Å². The van der Waals surface area contributed by atoms with E-state index in [-0.39, 0.29) is 5.82 Å². The Morgan fingerprint density at radius 1 is 1.09 bits per heavy atom. The molecule has 0 atom stereocenters. The van der Waals surface area contributed by atoms with E-state index in [9.17, 15) is 9.50 Å². The maximum absolute atomic E-state index is 13.5. The van der Waals surface area contributed by atoms with Crippen molar-refractivity contribution < 1.29 is 9.50 Å². The van der Waals surface area contributed by atoms with E-state index >= 15 is 0 Å². The highest BCUT2D eigenvalue weighted by Crippen LogP contribution is 2.36. The average molecular weight is 476 g/mol. The van der Waals surface area contributed by atoms with Crippen LogP contribution in [0.3, 0.4) is 0 Å². The Morgan fingerprint density at radius 2 is 1.80 bits per heavy atom. The Morgan fingerprint density at radius 3 is 2.43 bits per heavy atom. The Labute approximate surface area is 203 Å². The molecule has 182 valence electrons. The molecule has 1 fully saturated rings. The number of aryl methyl sites for hydroxylation is 1. The minimum atomic E-state index is -1.01. The zero-order chi connectivity index (χ0) is 24.9. The molecule has 0 radical (unpaired) electrons. The number of nitrogens with zero attached hydrogens (tertiary/aromatic N) is 6. The molecule has 8 nitrogen and oxygen atoms in total. The number of benzene rings is 1. The van der Waals surface area contributed by atoms with Gasteiger partial charge in [-0.25, -0.2) is 23.7 Å². The van der Waals surface area contributed by atoms with E-state index in [0.717, 1.165) is 46.1 Å². The summed E-state index contributed by atoms with van der Waals surface area (Å²) in [7, 11) is 0. The van der Waals surface area contributed by atoms with Gasteiger partial charge < -0.3 is 10.4 Å². The quantitative estimate of drug-likeness (QED) is 0.392. The number of rotatable bonds is 7.